The number of anilines is 1. The van der Waals surface area contributed by atoms with Crippen molar-refractivity contribution < 1.29 is 36.6 Å². The molecule has 0 aromatic carbocycles. The molecule has 202 valence electrons. The SMILES string of the molecule is [B]C([B])(NC(=O)c1nc(C(=O)N2CCCC2C)c(-c2cnc(NCC(F)(F)F)cc2C(F)F)s1)C(C)(C)O. The lowest BCUT2D eigenvalue weighted by Gasteiger charge is -2.39. The second kappa shape index (κ2) is 10.8. The van der Waals surface area contributed by atoms with E-state index in [9.17, 15) is 36.6 Å². The molecule has 1 fully saturated rings. The third-order valence-corrected chi connectivity index (χ3v) is 7.14. The number of alkyl halides is 5. The Hall–Kier alpha value is -2.74. The Kier molecular flexibility index (Phi) is 8.47. The summed E-state index contributed by atoms with van der Waals surface area (Å²) in [5.74, 6) is -2.05. The van der Waals surface area contributed by atoms with E-state index in [1.54, 1.807) is 6.92 Å². The fourth-order valence-electron chi connectivity index (χ4n) is 3.64. The molecule has 2 aromatic rings. The highest BCUT2D eigenvalue weighted by atomic mass is 32.1. The van der Waals surface area contributed by atoms with E-state index in [0.717, 1.165) is 12.3 Å². The summed E-state index contributed by atoms with van der Waals surface area (Å²) in [5, 5.41) is 11.8. The number of thiazole rings is 1. The van der Waals surface area contributed by atoms with Crippen LogP contribution in [0.5, 0.6) is 0 Å². The number of halogens is 5. The normalized spacial score (nSPS) is 16.7. The Labute approximate surface area is 222 Å². The van der Waals surface area contributed by atoms with Crippen molar-refractivity contribution in [1.82, 2.24) is 20.2 Å². The second-order valence-electron chi connectivity index (χ2n) is 9.49. The number of pyridine rings is 1. The largest absolute Gasteiger partial charge is 0.405 e. The zero-order chi connectivity index (χ0) is 28.6. The molecule has 1 unspecified atom stereocenters. The summed E-state index contributed by atoms with van der Waals surface area (Å²) in [6.07, 6.45) is -5.47. The van der Waals surface area contributed by atoms with E-state index in [4.69, 9.17) is 15.7 Å². The zero-order valence-corrected chi connectivity index (χ0v) is 21.5. The molecule has 1 aliphatic rings. The number of rotatable bonds is 8. The third kappa shape index (κ3) is 6.63. The molecule has 3 N–H and O–H groups in total. The molecule has 38 heavy (non-hydrogen) atoms. The number of hydrogen-bond acceptors (Lipinski definition) is 7. The van der Waals surface area contributed by atoms with Crippen LogP contribution in [-0.4, -0.2) is 83.7 Å². The standard InChI is InChI=1S/C22H24B2F5N5O3S/c1-10-5-4-6-34(10)19(36)14-15(38-18(32-14)17(35)33-22(23,24)20(2,3)37)12-8-30-13(7-11(12)16(25)26)31-9-21(27,28)29/h7-8,10,16,37H,4-6,9H2,1-3H3,(H,30,31)(H,33,35). The van der Waals surface area contributed by atoms with E-state index in [-0.39, 0.29) is 27.2 Å². The molecule has 2 amide bonds. The molecule has 16 heteroatoms. The number of nitrogens with zero attached hydrogens (tertiary/aromatic N) is 3. The van der Waals surface area contributed by atoms with Crippen LogP contribution < -0.4 is 10.6 Å². The average molecular weight is 555 g/mol. The minimum Gasteiger partial charge on any atom is -0.390 e. The van der Waals surface area contributed by atoms with Crippen molar-refractivity contribution in [3.63, 3.8) is 0 Å². The highest BCUT2D eigenvalue weighted by Gasteiger charge is 2.37. The second-order valence-corrected chi connectivity index (χ2v) is 10.5. The maximum atomic E-state index is 14.1. The fraction of sp³-hybridized carbons (Fsp3) is 0.545. The molecule has 1 atom stereocenters. The van der Waals surface area contributed by atoms with Crippen molar-refractivity contribution in [2.45, 2.75) is 63.2 Å². The van der Waals surface area contributed by atoms with E-state index in [1.165, 1.54) is 18.7 Å². The Morgan fingerprint density at radius 1 is 1.29 bits per heavy atom. The Morgan fingerprint density at radius 3 is 2.47 bits per heavy atom. The fourth-order valence-corrected chi connectivity index (χ4v) is 4.62. The van der Waals surface area contributed by atoms with Crippen LogP contribution in [0, 0.1) is 0 Å². The van der Waals surface area contributed by atoms with Gasteiger partial charge in [0.25, 0.3) is 18.2 Å². The minimum atomic E-state index is -4.61. The first-order chi connectivity index (χ1) is 17.4. The highest BCUT2D eigenvalue weighted by Crippen LogP contribution is 2.39. The topological polar surface area (TPSA) is 107 Å². The number of amides is 2. The van der Waals surface area contributed by atoms with Crippen LogP contribution in [0.1, 0.15) is 65.9 Å². The van der Waals surface area contributed by atoms with Crippen molar-refractivity contribution in [2.75, 3.05) is 18.4 Å². The number of hydrogen-bond donors (Lipinski definition) is 3. The van der Waals surface area contributed by atoms with Gasteiger partial charge in [-0.2, -0.15) is 13.2 Å². The van der Waals surface area contributed by atoms with Crippen molar-refractivity contribution in [2.24, 2.45) is 0 Å². The van der Waals surface area contributed by atoms with Gasteiger partial charge in [-0.1, -0.05) is 0 Å². The lowest BCUT2D eigenvalue weighted by molar-refractivity contribution is -0.115. The van der Waals surface area contributed by atoms with Gasteiger partial charge in [0.2, 0.25) is 0 Å². The zero-order valence-electron chi connectivity index (χ0n) is 20.7. The minimum absolute atomic E-state index is 0.132. The quantitative estimate of drug-likeness (QED) is 0.341. The van der Waals surface area contributed by atoms with Gasteiger partial charge >= 0.3 is 6.18 Å². The number of aromatic nitrogens is 2. The molecule has 0 saturated carbocycles. The van der Waals surface area contributed by atoms with E-state index in [1.807, 2.05) is 5.32 Å². The van der Waals surface area contributed by atoms with Gasteiger partial charge in [-0.3, -0.25) is 9.59 Å². The van der Waals surface area contributed by atoms with Gasteiger partial charge in [0, 0.05) is 29.9 Å². The molecule has 3 rings (SSSR count). The first-order valence-corrected chi connectivity index (χ1v) is 12.3. The molecule has 3 heterocycles. The van der Waals surface area contributed by atoms with Gasteiger partial charge in [-0.25, -0.2) is 18.7 Å². The summed E-state index contributed by atoms with van der Waals surface area (Å²) in [7, 11) is 11.6. The van der Waals surface area contributed by atoms with Gasteiger partial charge in [-0.15, -0.1) is 11.3 Å². The van der Waals surface area contributed by atoms with Crippen LogP contribution in [0.4, 0.5) is 27.8 Å². The number of nitrogens with one attached hydrogen (secondary N) is 2. The van der Waals surface area contributed by atoms with E-state index >= 15 is 0 Å². The number of likely N-dealkylation sites (tertiary alicyclic amines) is 1. The Bertz CT molecular complexity index is 1200. The summed E-state index contributed by atoms with van der Waals surface area (Å²) < 4.78 is 65.8. The summed E-state index contributed by atoms with van der Waals surface area (Å²) in [5.41, 5.74) is -3.08. The van der Waals surface area contributed by atoms with Crippen molar-refractivity contribution in [3.8, 4) is 10.4 Å². The smallest absolute Gasteiger partial charge is 0.390 e. The van der Waals surface area contributed by atoms with Crippen LogP contribution in [-0.2, 0) is 0 Å². The van der Waals surface area contributed by atoms with E-state index in [0.29, 0.717) is 30.7 Å². The predicted octanol–water partition coefficient (Wildman–Crippen LogP) is 3.23. The molecule has 0 aliphatic carbocycles. The van der Waals surface area contributed by atoms with Crippen LogP contribution in [0.2, 0.25) is 0 Å². The molecule has 0 spiro atoms. The summed E-state index contributed by atoms with van der Waals surface area (Å²) in [4.78, 5) is 35.6. The van der Waals surface area contributed by atoms with Crippen LogP contribution in [0.15, 0.2) is 12.3 Å². The predicted molar refractivity (Wildman–Crippen MR) is 133 cm³/mol. The molecular weight excluding hydrogens is 531 g/mol. The van der Waals surface area contributed by atoms with Crippen molar-refractivity contribution in [3.05, 3.63) is 28.5 Å². The first kappa shape index (κ1) is 29.8. The number of aliphatic hydroxyl groups is 1. The van der Waals surface area contributed by atoms with Crippen LogP contribution >= 0.6 is 11.3 Å². The molecule has 0 bridgehead atoms. The monoisotopic (exact) mass is 555 g/mol. The molecule has 2 aromatic heterocycles. The van der Waals surface area contributed by atoms with Gasteiger partial charge in [0.15, 0.2) is 5.01 Å². The van der Waals surface area contributed by atoms with Gasteiger partial charge < -0.3 is 20.6 Å². The Balaban J connectivity index is 2.10. The van der Waals surface area contributed by atoms with Gasteiger partial charge in [-0.05, 0) is 45.0 Å². The average Bonchev–Trinajstić information content (AvgIpc) is 3.42. The maximum absolute atomic E-state index is 14.1. The number of carbonyl (C=O) groups is 2. The Morgan fingerprint density at radius 2 is 1.95 bits per heavy atom. The van der Waals surface area contributed by atoms with E-state index < -0.39 is 53.3 Å². The summed E-state index contributed by atoms with van der Waals surface area (Å²) in [6.45, 7) is 3.19. The summed E-state index contributed by atoms with van der Waals surface area (Å²) in [6, 6.07) is 0.573. The molecule has 1 aliphatic heterocycles. The van der Waals surface area contributed by atoms with Crippen molar-refractivity contribution in [1.29, 1.82) is 0 Å². The molecule has 4 radical (unpaired) electrons. The van der Waals surface area contributed by atoms with Gasteiger partial charge in [0.05, 0.1) is 26.2 Å². The first-order valence-electron chi connectivity index (χ1n) is 11.4. The van der Waals surface area contributed by atoms with E-state index in [2.05, 4.69) is 15.3 Å². The molecular formula is C22H24B2F5N5O3S. The van der Waals surface area contributed by atoms with Crippen LogP contribution in [0.25, 0.3) is 10.4 Å². The molecule has 1 saturated heterocycles. The maximum Gasteiger partial charge on any atom is 0.405 e. The lowest BCUT2D eigenvalue weighted by atomic mass is 9.54. The van der Waals surface area contributed by atoms with Crippen molar-refractivity contribution >= 4 is 44.7 Å². The summed E-state index contributed by atoms with van der Waals surface area (Å²) >= 11 is 0.578. The number of carbonyl (C=O) groups excluding carboxylic acids is 2. The third-order valence-electron chi connectivity index (χ3n) is 6.06. The lowest BCUT2D eigenvalue weighted by Crippen LogP contribution is -2.63. The van der Waals surface area contributed by atoms with Crippen LogP contribution in [0.3, 0.4) is 0 Å². The molecule has 8 nitrogen and oxygen atoms in total. The van der Waals surface area contributed by atoms with Gasteiger partial charge in [0.1, 0.15) is 18.1 Å². The highest BCUT2D eigenvalue weighted by molar-refractivity contribution is 7.17.